The number of rotatable bonds is 5. The van der Waals surface area contributed by atoms with Crippen LogP contribution in [0.2, 0.25) is 0 Å². The van der Waals surface area contributed by atoms with Gasteiger partial charge in [-0.2, -0.15) is 0 Å². The summed E-state index contributed by atoms with van der Waals surface area (Å²) in [4.78, 5) is 25.4. The number of aliphatic hydroxyl groups is 1. The number of Topliss-reactive ketones (excluding diaryl/α,β-unsaturated/α-hetero) is 1. The maximum atomic E-state index is 14.3. The summed E-state index contributed by atoms with van der Waals surface area (Å²) in [6.45, 7) is 5.88. The normalized spacial score (nSPS) is 22.4. The highest BCUT2D eigenvalue weighted by atomic mass is 19.1. The third-order valence-electron chi connectivity index (χ3n) is 6.31. The highest BCUT2D eigenvalue weighted by Crippen LogP contribution is 2.39. The molecule has 3 aromatic rings. The molecule has 2 aromatic heterocycles. The minimum atomic E-state index is -0.853. The lowest BCUT2D eigenvalue weighted by molar-refractivity contribution is -0.167. The first kappa shape index (κ1) is 25.7. The Labute approximate surface area is 207 Å². The Hall–Kier alpha value is -3.34. The standard InChI is InChI=1S/C26H29F2N5O3/c1-26(2,3)24-23(35)17(29)10-20(36-24)14-7-8-31-11-13(14)9-19(34)22-18(30)12-32-25(33-22)21-15(27)5-4-6-16(21)28/h4-8,11-12,17,20,23-24,35H,9-10,29-30H2,1-3H3/t17-,20-,23+,24+/m1/s1. The molecule has 4 rings (SSSR count). The van der Waals surface area contributed by atoms with Crippen molar-refractivity contribution in [3.8, 4) is 11.4 Å². The molecule has 0 saturated carbocycles. The molecule has 3 heterocycles. The summed E-state index contributed by atoms with van der Waals surface area (Å²) < 4.78 is 34.8. The number of ketones is 1. The molecule has 10 heteroatoms. The fourth-order valence-corrected chi connectivity index (χ4v) is 4.44. The number of hydrogen-bond donors (Lipinski definition) is 3. The monoisotopic (exact) mass is 497 g/mol. The highest BCUT2D eigenvalue weighted by molar-refractivity contribution is 6.00. The summed E-state index contributed by atoms with van der Waals surface area (Å²) in [5.74, 6) is -2.46. The maximum absolute atomic E-state index is 14.3. The highest BCUT2D eigenvalue weighted by Gasteiger charge is 2.42. The van der Waals surface area contributed by atoms with Crippen molar-refractivity contribution in [2.24, 2.45) is 11.1 Å². The maximum Gasteiger partial charge on any atom is 0.187 e. The van der Waals surface area contributed by atoms with Gasteiger partial charge in [0, 0.05) is 24.9 Å². The fraction of sp³-hybridized carbons (Fsp3) is 0.385. The van der Waals surface area contributed by atoms with E-state index in [9.17, 15) is 18.7 Å². The Kier molecular flexibility index (Phi) is 7.12. The molecule has 0 unspecified atom stereocenters. The second-order valence-electron chi connectivity index (χ2n) is 10.1. The van der Waals surface area contributed by atoms with Crippen LogP contribution in [0.1, 0.15) is 54.9 Å². The first-order valence-electron chi connectivity index (χ1n) is 11.6. The zero-order valence-corrected chi connectivity index (χ0v) is 20.3. The molecule has 1 fully saturated rings. The summed E-state index contributed by atoms with van der Waals surface area (Å²) in [6.07, 6.45) is 2.70. The molecular weight excluding hydrogens is 468 g/mol. The van der Waals surface area contributed by atoms with Gasteiger partial charge < -0.3 is 21.3 Å². The van der Waals surface area contributed by atoms with Gasteiger partial charge >= 0.3 is 0 Å². The summed E-state index contributed by atoms with van der Waals surface area (Å²) in [6, 6.07) is 4.63. The van der Waals surface area contributed by atoms with E-state index in [1.807, 2.05) is 20.8 Å². The van der Waals surface area contributed by atoms with Crippen LogP contribution in [0.4, 0.5) is 14.5 Å². The summed E-state index contributed by atoms with van der Waals surface area (Å²) >= 11 is 0. The molecule has 0 spiro atoms. The number of anilines is 1. The van der Waals surface area contributed by atoms with E-state index >= 15 is 0 Å². The largest absolute Gasteiger partial charge is 0.396 e. The van der Waals surface area contributed by atoms with Crippen LogP contribution in [0.15, 0.2) is 42.9 Å². The number of carbonyl (C=O) groups excluding carboxylic acids is 1. The van der Waals surface area contributed by atoms with E-state index in [1.54, 1.807) is 18.5 Å². The second-order valence-corrected chi connectivity index (χ2v) is 10.1. The minimum Gasteiger partial charge on any atom is -0.396 e. The molecule has 5 N–H and O–H groups in total. The number of ether oxygens (including phenoxy) is 1. The smallest absolute Gasteiger partial charge is 0.187 e. The Bertz CT molecular complexity index is 1260. The van der Waals surface area contributed by atoms with E-state index in [0.29, 0.717) is 17.5 Å². The predicted molar refractivity (Wildman–Crippen MR) is 130 cm³/mol. The first-order chi connectivity index (χ1) is 17.0. The van der Waals surface area contributed by atoms with Crippen LogP contribution in [0.3, 0.4) is 0 Å². The van der Waals surface area contributed by atoms with Crippen LogP contribution in [-0.4, -0.2) is 44.1 Å². The number of halogens is 2. The quantitative estimate of drug-likeness (QED) is 0.456. The number of nitrogen functional groups attached to an aromatic ring is 1. The predicted octanol–water partition coefficient (Wildman–Crippen LogP) is 3.39. The van der Waals surface area contributed by atoms with Gasteiger partial charge in [-0.1, -0.05) is 26.8 Å². The van der Waals surface area contributed by atoms with Crippen LogP contribution < -0.4 is 11.5 Å². The molecule has 8 nitrogen and oxygen atoms in total. The van der Waals surface area contributed by atoms with Gasteiger partial charge in [0.15, 0.2) is 11.6 Å². The van der Waals surface area contributed by atoms with Gasteiger partial charge in [0.1, 0.15) is 17.3 Å². The van der Waals surface area contributed by atoms with Crippen LogP contribution >= 0.6 is 0 Å². The van der Waals surface area contributed by atoms with Crippen molar-refractivity contribution in [1.29, 1.82) is 0 Å². The molecule has 1 aliphatic heterocycles. The molecule has 0 radical (unpaired) electrons. The van der Waals surface area contributed by atoms with Crippen molar-refractivity contribution in [2.75, 3.05) is 5.73 Å². The van der Waals surface area contributed by atoms with Crippen LogP contribution in [0.25, 0.3) is 11.4 Å². The van der Waals surface area contributed by atoms with Crippen LogP contribution in [0, 0.1) is 17.0 Å². The van der Waals surface area contributed by atoms with E-state index in [4.69, 9.17) is 16.2 Å². The lowest BCUT2D eigenvalue weighted by Gasteiger charge is -2.44. The van der Waals surface area contributed by atoms with Crippen molar-refractivity contribution in [1.82, 2.24) is 15.0 Å². The molecule has 36 heavy (non-hydrogen) atoms. The van der Waals surface area contributed by atoms with Crippen LogP contribution in [0.5, 0.6) is 0 Å². The van der Waals surface area contributed by atoms with Gasteiger partial charge in [0.2, 0.25) is 0 Å². The molecule has 190 valence electrons. The van der Waals surface area contributed by atoms with Crippen molar-refractivity contribution in [3.63, 3.8) is 0 Å². The van der Waals surface area contributed by atoms with Gasteiger partial charge in [-0.15, -0.1) is 0 Å². The van der Waals surface area contributed by atoms with Gasteiger partial charge in [-0.25, -0.2) is 18.7 Å². The lowest BCUT2D eigenvalue weighted by atomic mass is 9.79. The van der Waals surface area contributed by atoms with Gasteiger partial charge in [0.25, 0.3) is 0 Å². The van der Waals surface area contributed by atoms with E-state index in [-0.39, 0.29) is 29.0 Å². The molecule has 1 saturated heterocycles. The second kappa shape index (κ2) is 9.96. The Morgan fingerprint density at radius 3 is 2.56 bits per heavy atom. The molecular formula is C26H29F2N5O3. The molecule has 1 aromatic carbocycles. The molecule has 0 aliphatic carbocycles. The van der Waals surface area contributed by atoms with Crippen molar-refractivity contribution in [2.45, 2.75) is 58.0 Å². The van der Waals surface area contributed by atoms with Crippen molar-refractivity contribution >= 4 is 11.5 Å². The summed E-state index contributed by atoms with van der Waals surface area (Å²) in [7, 11) is 0. The van der Waals surface area contributed by atoms with Crippen LogP contribution in [-0.2, 0) is 11.2 Å². The minimum absolute atomic E-state index is 0.0159. The summed E-state index contributed by atoms with van der Waals surface area (Å²) in [5, 5.41) is 10.6. The van der Waals surface area contributed by atoms with E-state index in [0.717, 1.165) is 18.3 Å². The number of aromatic nitrogens is 3. The Morgan fingerprint density at radius 1 is 1.19 bits per heavy atom. The number of hydrogen-bond acceptors (Lipinski definition) is 8. The molecule has 1 aliphatic rings. The third-order valence-corrected chi connectivity index (χ3v) is 6.31. The topological polar surface area (TPSA) is 137 Å². The lowest BCUT2D eigenvalue weighted by Crippen LogP contribution is -2.54. The number of benzene rings is 1. The number of aliphatic hydroxyl groups excluding tert-OH is 1. The molecule has 0 amide bonds. The van der Waals surface area contributed by atoms with E-state index in [1.165, 1.54) is 6.07 Å². The van der Waals surface area contributed by atoms with Gasteiger partial charge in [-0.05, 0) is 41.2 Å². The van der Waals surface area contributed by atoms with Crippen molar-refractivity contribution in [3.05, 3.63) is 71.3 Å². The Balaban J connectivity index is 1.65. The molecule has 0 bridgehead atoms. The summed E-state index contributed by atoms with van der Waals surface area (Å²) in [5.41, 5.74) is 12.5. The number of carbonyl (C=O) groups is 1. The average Bonchev–Trinajstić information content (AvgIpc) is 2.81. The average molecular weight is 498 g/mol. The third kappa shape index (κ3) is 5.11. The van der Waals surface area contributed by atoms with Crippen molar-refractivity contribution < 1.29 is 23.4 Å². The molecule has 4 atom stereocenters. The SMILES string of the molecule is CC(C)(C)[C@H]1O[C@@H](c2ccncc2CC(=O)c2nc(-c3c(F)cccc3F)ncc2N)C[C@@H](N)[C@@H]1O. The Morgan fingerprint density at radius 2 is 1.89 bits per heavy atom. The number of pyridine rings is 1. The van der Waals surface area contributed by atoms with Gasteiger partial charge in [0.05, 0.1) is 35.8 Å². The fourth-order valence-electron chi connectivity index (χ4n) is 4.44. The zero-order valence-electron chi connectivity index (χ0n) is 20.3. The zero-order chi connectivity index (χ0) is 26.2. The van der Waals surface area contributed by atoms with Gasteiger partial charge in [-0.3, -0.25) is 9.78 Å². The van der Waals surface area contributed by atoms with E-state index in [2.05, 4.69) is 15.0 Å². The van der Waals surface area contributed by atoms with E-state index < -0.39 is 47.3 Å². The number of nitrogens with two attached hydrogens (primary N) is 2. The number of nitrogens with zero attached hydrogens (tertiary/aromatic N) is 3. The first-order valence-corrected chi connectivity index (χ1v) is 11.6.